The predicted molar refractivity (Wildman–Crippen MR) is 107 cm³/mol. The molecular weight excluding hydrogens is 356 g/mol. The van der Waals surface area contributed by atoms with E-state index in [2.05, 4.69) is 20.9 Å². The second-order valence-electron chi connectivity index (χ2n) is 7.26. The lowest BCUT2D eigenvalue weighted by Gasteiger charge is -2.18. The second-order valence-corrected chi connectivity index (χ2v) is 7.26. The number of nitrogens with zero attached hydrogens (tertiary/aromatic N) is 3. The largest absolute Gasteiger partial charge is 0.298 e. The SMILES string of the molecule is CN(Cc1ccc(F)cc1)Cc1ccc(CN(C)Cc2ccc(F)cc2)nc1. The molecule has 0 aliphatic carbocycles. The molecule has 1 aromatic heterocycles. The molecule has 0 aliphatic heterocycles. The van der Waals surface area contributed by atoms with Gasteiger partial charge in [-0.1, -0.05) is 30.3 Å². The van der Waals surface area contributed by atoms with Gasteiger partial charge in [0.2, 0.25) is 0 Å². The first-order valence-corrected chi connectivity index (χ1v) is 9.28. The van der Waals surface area contributed by atoms with Crippen LogP contribution in [0.3, 0.4) is 0 Å². The summed E-state index contributed by atoms with van der Waals surface area (Å²) in [7, 11) is 4.06. The molecule has 3 nitrogen and oxygen atoms in total. The molecule has 28 heavy (non-hydrogen) atoms. The third-order valence-electron chi connectivity index (χ3n) is 4.50. The molecule has 0 saturated heterocycles. The van der Waals surface area contributed by atoms with Crippen LogP contribution in [-0.2, 0) is 26.2 Å². The summed E-state index contributed by atoms with van der Waals surface area (Å²) in [6, 6.07) is 17.3. The minimum absolute atomic E-state index is 0.212. The molecule has 0 unspecified atom stereocenters. The van der Waals surface area contributed by atoms with E-state index in [0.717, 1.165) is 48.6 Å². The Morgan fingerprint density at radius 3 is 1.50 bits per heavy atom. The Morgan fingerprint density at radius 1 is 0.607 bits per heavy atom. The smallest absolute Gasteiger partial charge is 0.123 e. The summed E-state index contributed by atoms with van der Waals surface area (Å²) in [6.45, 7) is 2.99. The van der Waals surface area contributed by atoms with Crippen LogP contribution in [-0.4, -0.2) is 28.9 Å². The predicted octanol–water partition coefficient (Wildman–Crippen LogP) is 4.62. The Balaban J connectivity index is 1.49. The van der Waals surface area contributed by atoms with Crippen molar-refractivity contribution >= 4 is 0 Å². The van der Waals surface area contributed by atoms with Crippen molar-refractivity contribution in [3.63, 3.8) is 0 Å². The van der Waals surface area contributed by atoms with E-state index in [1.54, 1.807) is 12.1 Å². The lowest BCUT2D eigenvalue weighted by Crippen LogP contribution is -2.19. The summed E-state index contributed by atoms with van der Waals surface area (Å²) in [4.78, 5) is 8.89. The average molecular weight is 381 g/mol. The van der Waals surface area contributed by atoms with Crippen molar-refractivity contribution in [3.8, 4) is 0 Å². The van der Waals surface area contributed by atoms with Gasteiger partial charge in [-0.3, -0.25) is 14.8 Å². The molecule has 0 radical (unpaired) electrons. The van der Waals surface area contributed by atoms with Crippen LogP contribution in [0.25, 0.3) is 0 Å². The van der Waals surface area contributed by atoms with Gasteiger partial charge in [0.1, 0.15) is 11.6 Å². The van der Waals surface area contributed by atoms with Gasteiger partial charge in [-0.05, 0) is 61.1 Å². The summed E-state index contributed by atoms with van der Waals surface area (Å²) >= 11 is 0. The van der Waals surface area contributed by atoms with Crippen molar-refractivity contribution in [1.29, 1.82) is 0 Å². The Bertz CT molecular complexity index is 787. The van der Waals surface area contributed by atoms with Crippen molar-refractivity contribution in [1.82, 2.24) is 14.8 Å². The average Bonchev–Trinajstić information content (AvgIpc) is 2.67. The summed E-state index contributed by atoms with van der Waals surface area (Å²) in [5.74, 6) is -0.427. The van der Waals surface area contributed by atoms with Crippen molar-refractivity contribution < 1.29 is 8.78 Å². The van der Waals surface area contributed by atoms with Crippen LogP contribution in [0.2, 0.25) is 0 Å². The summed E-state index contributed by atoms with van der Waals surface area (Å²) in [6.07, 6.45) is 1.90. The normalized spacial score (nSPS) is 11.4. The van der Waals surface area contributed by atoms with E-state index in [1.165, 1.54) is 24.3 Å². The zero-order valence-corrected chi connectivity index (χ0v) is 16.3. The van der Waals surface area contributed by atoms with Gasteiger partial charge in [0.25, 0.3) is 0 Å². The summed E-state index contributed by atoms with van der Waals surface area (Å²) in [5, 5.41) is 0. The van der Waals surface area contributed by atoms with Gasteiger partial charge >= 0.3 is 0 Å². The summed E-state index contributed by atoms with van der Waals surface area (Å²) < 4.78 is 26.0. The highest BCUT2D eigenvalue weighted by Crippen LogP contribution is 2.11. The van der Waals surface area contributed by atoms with Gasteiger partial charge in [0, 0.05) is 32.4 Å². The van der Waals surface area contributed by atoms with Gasteiger partial charge in [-0.25, -0.2) is 8.78 Å². The molecule has 146 valence electrons. The molecule has 0 bridgehead atoms. The molecule has 3 aromatic rings. The molecule has 0 aliphatic rings. The van der Waals surface area contributed by atoms with Gasteiger partial charge in [-0.2, -0.15) is 0 Å². The van der Waals surface area contributed by atoms with Crippen LogP contribution >= 0.6 is 0 Å². The van der Waals surface area contributed by atoms with Crippen molar-refractivity contribution in [2.24, 2.45) is 0 Å². The second kappa shape index (κ2) is 9.53. The lowest BCUT2D eigenvalue weighted by atomic mass is 10.2. The van der Waals surface area contributed by atoms with Crippen LogP contribution in [0.5, 0.6) is 0 Å². The Labute approximate surface area is 165 Å². The van der Waals surface area contributed by atoms with E-state index < -0.39 is 0 Å². The zero-order chi connectivity index (χ0) is 19.9. The van der Waals surface area contributed by atoms with E-state index in [9.17, 15) is 8.78 Å². The molecular formula is C23H25F2N3. The fourth-order valence-corrected chi connectivity index (χ4v) is 3.15. The first-order chi connectivity index (χ1) is 13.5. The fraction of sp³-hybridized carbons (Fsp3) is 0.261. The molecule has 0 amide bonds. The highest BCUT2D eigenvalue weighted by Gasteiger charge is 2.06. The van der Waals surface area contributed by atoms with Gasteiger partial charge in [0.05, 0.1) is 5.69 Å². The molecule has 0 saturated carbocycles. The maximum Gasteiger partial charge on any atom is 0.123 e. The van der Waals surface area contributed by atoms with E-state index >= 15 is 0 Å². The molecule has 2 aromatic carbocycles. The summed E-state index contributed by atoms with van der Waals surface area (Å²) in [5.41, 5.74) is 4.28. The lowest BCUT2D eigenvalue weighted by molar-refractivity contribution is 0.312. The van der Waals surface area contributed by atoms with Crippen LogP contribution in [0.4, 0.5) is 8.78 Å². The van der Waals surface area contributed by atoms with E-state index in [1.807, 2.05) is 38.5 Å². The van der Waals surface area contributed by atoms with Crippen molar-refractivity contribution in [3.05, 3.63) is 101 Å². The maximum atomic E-state index is 13.0. The third kappa shape index (κ3) is 6.22. The number of halogens is 2. The molecule has 0 N–H and O–H groups in total. The quantitative estimate of drug-likeness (QED) is 0.567. The fourth-order valence-electron chi connectivity index (χ4n) is 3.15. The Kier molecular flexibility index (Phi) is 6.85. The highest BCUT2D eigenvalue weighted by atomic mass is 19.1. The van der Waals surface area contributed by atoms with Crippen molar-refractivity contribution in [2.75, 3.05) is 14.1 Å². The number of hydrogen-bond acceptors (Lipinski definition) is 3. The molecule has 1 heterocycles. The highest BCUT2D eigenvalue weighted by molar-refractivity contribution is 5.18. The molecule has 0 fully saturated rings. The number of rotatable bonds is 8. The Hall–Kier alpha value is -2.63. The zero-order valence-electron chi connectivity index (χ0n) is 16.3. The van der Waals surface area contributed by atoms with E-state index in [4.69, 9.17) is 0 Å². The van der Waals surface area contributed by atoms with Crippen LogP contribution in [0, 0.1) is 11.6 Å². The first kappa shape index (κ1) is 20.1. The van der Waals surface area contributed by atoms with E-state index in [0.29, 0.717) is 0 Å². The van der Waals surface area contributed by atoms with Gasteiger partial charge in [-0.15, -0.1) is 0 Å². The molecule has 0 spiro atoms. The van der Waals surface area contributed by atoms with Crippen LogP contribution in [0.1, 0.15) is 22.4 Å². The maximum absolute atomic E-state index is 13.0. The number of hydrogen-bond donors (Lipinski definition) is 0. The number of aromatic nitrogens is 1. The molecule has 5 heteroatoms. The topological polar surface area (TPSA) is 19.4 Å². The van der Waals surface area contributed by atoms with Crippen molar-refractivity contribution in [2.45, 2.75) is 26.2 Å². The van der Waals surface area contributed by atoms with Gasteiger partial charge < -0.3 is 0 Å². The molecule has 0 atom stereocenters. The van der Waals surface area contributed by atoms with E-state index in [-0.39, 0.29) is 11.6 Å². The minimum atomic E-state index is -0.215. The minimum Gasteiger partial charge on any atom is -0.298 e. The number of benzene rings is 2. The van der Waals surface area contributed by atoms with Gasteiger partial charge in [0.15, 0.2) is 0 Å². The molecule has 3 rings (SSSR count). The monoisotopic (exact) mass is 381 g/mol. The number of pyridine rings is 1. The van der Waals surface area contributed by atoms with Crippen LogP contribution in [0.15, 0.2) is 66.9 Å². The van der Waals surface area contributed by atoms with Crippen LogP contribution < -0.4 is 0 Å². The Morgan fingerprint density at radius 2 is 1.04 bits per heavy atom. The third-order valence-corrected chi connectivity index (χ3v) is 4.50. The first-order valence-electron chi connectivity index (χ1n) is 9.28. The standard InChI is InChI=1S/C23H25F2N3/c1-27(14-18-3-8-21(24)9-4-18)16-20-7-12-23(26-13-20)17-28(2)15-19-5-10-22(25)11-6-19/h3-13H,14-17H2,1-2H3.